The molecule has 1 unspecified atom stereocenters. The van der Waals surface area contributed by atoms with Gasteiger partial charge in [-0.05, 0) is 43.0 Å². The molecule has 0 heterocycles. The number of carboxylic acid groups (broad SMARTS) is 1. The molecule has 0 spiro atoms. The lowest BCUT2D eigenvalue weighted by molar-refractivity contribution is -0.137. The molecule has 4 N–H and O–H groups in total. The van der Waals surface area contributed by atoms with Gasteiger partial charge < -0.3 is 16.2 Å². The van der Waals surface area contributed by atoms with E-state index in [-0.39, 0.29) is 24.3 Å². The fourth-order valence-electron chi connectivity index (χ4n) is 2.06. The Bertz CT molecular complexity index is 535. The Morgan fingerprint density at radius 2 is 1.75 bits per heavy atom. The third-order valence-electron chi connectivity index (χ3n) is 3.33. The molecular formula is C14H16N2O4. The summed E-state index contributed by atoms with van der Waals surface area (Å²) in [5.74, 6) is -1.57. The second-order valence-electron chi connectivity index (χ2n) is 4.96. The first kappa shape index (κ1) is 14.0. The summed E-state index contributed by atoms with van der Waals surface area (Å²) in [6, 6.07) is 5.61. The molecule has 1 aromatic rings. The second-order valence-corrected chi connectivity index (χ2v) is 4.96. The van der Waals surface area contributed by atoms with E-state index in [9.17, 15) is 14.4 Å². The van der Waals surface area contributed by atoms with Crippen LogP contribution in [0.2, 0.25) is 0 Å². The van der Waals surface area contributed by atoms with Crippen molar-refractivity contribution in [1.29, 1.82) is 0 Å². The first-order valence-corrected chi connectivity index (χ1v) is 6.40. The standard InChI is InChI=1S/C14H16N2O4/c15-13(19)9-3-5-10(6-4-9)14(20)16-11(7-12(17)18)8-1-2-8/h3-6,8,11H,1-2,7H2,(H2,15,19)(H,16,20)(H,17,18). The van der Waals surface area contributed by atoms with Crippen molar-refractivity contribution in [2.75, 3.05) is 0 Å². The lowest BCUT2D eigenvalue weighted by Crippen LogP contribution is -2.38. The van der Waals surface area contributed by atoms with E-state index in [2.05, 4.69) is 5.32 Å². The van der Waals surface area contributed by atoms with Crippen LogP contribution in [0.25, 0.3) is 0 Å². The Kier molecular flexibility index (Phi) is 4.02. The highest BCUT2D eigenvalue weighted by atomic mass is 16.4. The smallest absolute Gasteiger partial charge is 0.305 e. The Morgan fingerprint density at radius 3 is 2.20 bits per heavy atom. The Labute approximate surface area is 116 Å². The summed E-state index contributed by atoms with van der Waals surface area (Å²) in [6.45, 7) is 0. The average molecular weight is 276 g/mol. The van der Waals surface area contributed by atoms with Crippen LogP contribution in [0, 0.1) is 5.92 Å². The molecule has 1 aliphatic carbocycles. The molecule has 0 saturated heterocycles. The molecule has 1 atom stereocenters. The molecule has 1 aliphatic rings. The lowest BCUT2D eigenvalue weighted by Gasteiger charge is -2.16. The van der Waals surface area contributed by atoms with Crippen LogP contribution in [-0.2, 0) is 4.79 Å². The number of carbonyl (C=O) groups is 3. The molecule has 6 heteroatoms. The minimum atomic E-state index is -0.925. The van der Waals surface area contributed by atoms with Gasteiger partial charge in [0.25, 0.3) is 5.91 Å². The molecule has 2 amide bonds. The van der Waals surface area contributed by atoms with E-state index in [1.165, 1.54) is 24.3 Å². The number of hydrogen-bond donors (Lipinski definition) is 3. The topological polar surface area (TPSA) is 109 Å². The highest BCUT2D eigenvalue weighted by Crippen LogP contribution is 2.34. The molecule has 0 aliphatic heterocycles. The molecule has 0 bridgehead atoms. The molecule has 1 saturated carbocycles. The van der Waals surface area contributed by atoms with Crippen LogP contribution in [0.4, 0.5) is 0 Å². The summed E-state index contributed by atoms with van der Waals surface area (Å²) in [4.78, 5) is 33.7. The fourth-order valence-corrected chi connectivity index (χ4v) is 2.06. The van der Waals surface area contributed by atoms with Crippen LogP contribution >= 0.6 is 0 Å². The summed E-state index contributed by atoms with van der Waals surface area (Å²) in [7, 11) is 0. The molecule has 106 valence electrons. The number of nitrogens with one attached hydrogen (secondary N) is 1. The molecule has 0 aromatic heterocycles. The van der Waals surface area contributed by atoms with Crippen molar-refractivity contribution in [1.82, 2.24) is 5.32 Å². The molecule has 6 nitrogen and oxygen atoms in total. The van der Waals surface area contributed by atoms with Crippen molar-refractivity contribution < 1.29 is 19.5 Å². The monoisotopic (exact) mass is 276 g/mol. The zero-order valence-corrected chi connectivity index (χ0v) is 10.8. The predicted molar refractivity (Wildman–Crippen MR) is 71.2 cm³/mol. The molecule has 1 aromatic carbocycles. The van der Waals surface area contributed by atoms with Crippen LogP contribution in [0.5, 0.6) is 0 Å². The molecule has 1 fully saturated rings. The van der Waals surface area contributed by atoms with Gasteiger partial charge in [0.1, 0.15) is 0 Å². The summed E-state index contributed by atoms with van der Waals surface area (Å²) >= 11 is 0. The van der Waals surface area contributed by atoms with Crippen molar-refractivity contribution in [2.45, 2.75) is 25.3 Å². The minimum Gasteiger partial charge on any atom is -0.481 e. The average Bonchev–Trinajstić information content (AvgIpc) is 3.21. The highest BCUT2D eigenvalue weighted by molar-refractivity contribution is 5.97. The van der Waals surface area contributed by atoms with Crippen molar-refractivity contribution in [2.24, 2.45) is 11.7 Å². The normalized spacial score (nSPS) is 15.4. The van der Waals surface area contributed by atoms with Gasteiger partial charge in [-0.1, -0.05) is 0 Å². The third-order valence-corrected chi connectivity index (χ3v) is 3.33. The van der Waals surface area contributed by atoms with Crippen LogP contribution in [0.1, 0.15) is 40.0 Å². The number of rotatable bonds is 6. The Hall–Kier alpha value is -2.37. The zero-order chi connectivity index (χ0) is 14.7. The van der Waals surface area contributed by atoms with Gasteiger partial charge >= 0.3 is 5.97 Å². The number of nitrogens with two attached hydrogens (primary N) is 1. The van der Waals surface area contributed by atoms with E-state index in [0.29, 0.717) is 11.1 Å². The van der Waals surface area contributed by atoms with E-state index in [1.54, 1.807) is 0 Å². The van der Waals surface area contributed by atoms with Gasteiger partial charge in [0.2, 0.25) is 5.91 Å². The first-order chi connectivity index (χ1) is 9.47. The van der Waals surface area contributed by atoms with Gasteiger partial charge in [-0.3, -0.25) is 14.4 Å². The number of hydrogen-bond acceptors (Lipinski definition) is 3. The number of benzene rings is 1. The van der Waals surface area contributed by atoms with Gasteiger partial charge in [0.05, 0.1) is 6.42 Å². The highest BCUT2D eigenvalue weighted by Gasteiger charge is 2.33. The van der Waals surface area contributed by atoms with Crippen molar-refractivity contribution in [3.05, 3.63) is 35.4 Å². The summed E-state index contributed by atoms with van der Waals surface area (Å²) in [6.07, 6.45) is 1.81. The van der Waals surface area contributed by atoms with E-state index in [1.807, 2.05) is 0 Å². The van der Waals surface area contributed by atoms with Gasteiger partial charge in [-0.25, -0.2) is 0 Å². The number of carboxylic acids is 1. The second kappa shape index (κ2) is 5.73. The molecule has 20 heavy (non-hydrogen) atoms. The van der Waals surface area contributed by atoms with Gasteiger partial charge in [0.15, 0.2) is 0 Å². The van der Waals surface area contributed by atoms with Gasteiger partial charge in [-0.15, -0.1) is 0 Å². The first-order valence-electron chi connectivity index (χ1n) is 6.40. The Morgan fingerprint density at radius 1 is 1.20 bits per heavy atom. The van der Waals surface area contributed by atoms with E-state index in [0.717, 1.165) is 12.8 Å². The largest absolute Gasteiger partial charge is 0.481 e. The maximum atomic E-state index is 12.0. The Balaban J connectivity index is 2.02. The molecule has 2 rings (SSSR count). The van der Waals surface area contributed by atoms with Crippen LogP contribution in [-0.4, -0.2) is 28.9 Å². The predicted octanol–water partition coefficient (Wildman–Crippen LogP) is 0.769. The third kappa shape index (κ3) is 3.57. The van der Waals surface area contributed by atoms with Crippen LogP contribution in [0.15, 0.2) is 24.3 Å². The summed E-state index contributed by atoms with van der Waals surface area (Å²) in [5.41, 5.74) is 5.82. The van der Waals surface area contributed by atoms with E-state index >= 15 is 0 Å². The van der Waals surface area contributed by atoms with Crippen LogP contribution in [0.3, 0.4) is 0 Å². The SMILES string of the molecule is NC(=O)c1ccc(C(=O)NC(CC(=O)O)C2CC2)cc1. The maximum Gasteiger partial charge on any atom is 0.305 e. The maximum absolute atomic E-state index is 12.0. The summed E-state index contributed by atoms with van der Waals surface area (Å²) in [5, 5.41) is 11.6. The molecular weight excluding hydrogens is 260 g/mol. The number of aliphatic carboxylic acids is 1. The number of amides is 2. The zero-order valence-electron chi connectivity index (χ0n) is 10.8. The quantitative estimate of drug-likeness (QED) is 0.712. The number of carbonyl (C=O) groups excluding carboxylic acids is 2. The van der Waals surface area contributed by atoms with Gasteiger partial charge in [-0.2, -0.15) is 0 Å². The van der Waals surface area contributed by atoms with Gasteiger partial charge in [0, 0.05) is 17.2 Å². The van der Waals surface area contributed by atoms with Crippen molar-refractivity contribution >= 4 is 17.8 Å². The van der Waals surface area contributed by atoms with E-state index < -0.39 is 11.9 Å². The van der Waals surface area contributed by atoms with Crippen molar-refractivity contribution in [3.63, 3.8) is 0 Å². The lowest BCUT2D eigenvalue weighted by atomic mass is 10.1. The minimum absolute atomic E-state index is 0.0736. The van der Waals surface area contributed by atoms with Crippen molar-refractivity contribution in [3.8, 4) is 0 Å². The number of primary amides is 1. The van der Waals surface area contributed by atoms with Crippen LogP contribution < -0.4 is 11.1 Å². The molecule has 0 radical (unpaired) electrons. The fraction of sp³-hybridized carbons (Fsp3) is 0.357. The summed E-state index contributed by atoms with van der Waals surface area (Å²) < 4.78 is 0. The van der Waals surface area contributed by atoms with E-state index in [4.69, 9.17) is 10.8 Å².